The van der Waals surface area contributed by atoms with Crippen molar-refractivity contribution < 1.29 is 4.74 Å². The highest BCUT2D eigenvalue weighted by Gasteiger charge is 2.51. The van der Waals surface area contributed by atoms with Crippen molar-refractivity contribution in [1.29, 1.82) is 0 Å². The second-order valence-electron chi connectivity index (χ2n) is 14.4. The fraction of sp³-hybridized carbons (Fsp3) is 0.188. The zero-order chi connectivity index (χ0) is 34.3. The molecule has 9 rings (SSSR count). The molecule has 3 aliphatic carbocycles. The number of ether oxygens (including phenoxy) is 1. The summed E-state index contributed by atoms with van der Waals surface area (Å²) in [6, 6.07) is 37.2. The number of hydrogen-bond acceptors (Lipinski definition) is 3. The Balaban J connectivity index is 1.24. The molecule has 0 spiro atoms. The van der Waals surface area contributed by atoms with Gasteiger partial charge in [-0.2, -0.15) is 0 Å². The molecule has 0 aromatic heterocycles. The van der Waals surface area contributed by atoms with Crippen LogP contribution in [0.4, 0.5) is 0 Å². The molecule has 1 N–H and O–H groups in total. The van der Waals surface area contributed by atoms with E-state index in [1.54, 1.807) is 0 Å². The molecule has 4 aromatic rings. The third-order valence-electron chi connectivity index (χ3n) is 11.4. The van der Waals surface area contributed by atoms with E-state index in [2.05, 4.69) is 188 Å². The zero-order valence-electron chi connectivity index (χ0n) is 29.0. The minimum absolute atomic E-state index is 0.0340. The summed E-state index contributed by atoms with van der Waals surface area (Å²) < 4.78 is 6.66. The molecule has 0 saturated heterocycles. The van der Waals surface area contributed by atoms with Crippen LogP contribution in [0.25, 0.3) is 0 Å². The second-order valence-corrected chi connectivity index (χ2v) is 14.4. The lowest BCUT2D eigenvalue weighted by atomic mass is 9.55. The van der Waals surface area contributed by atoms with Crippen LogP contribution in [0.5, 0.6) is 11.5 Å². The molecule has 3 nitrogen and oxygen atoms in total. The minimum Gasteiger partial charge on any atom is -0.457 e. The molecule has 2 heterocycles. The lowest BCUT2D eigenvalue weighted by Crippen LogP contribution is -2.43. The summed E-state index contributed by atoms with van der Waals surface area (Å²) in [6.45, 7) is 2.33. The van der Waals surface area contributed by atoms with Gasteiger partial charge in [0.15, 0.2) is 0 Å². The van der Waals surface area contributed by atoms with Crippen molar-refractivity contribution in [3.63, 3.8) is 0 Å². The van der Waals surface area contributed by atoms with Crippen LogP contribution in [0.1, 0.15) is 59.9 Å². The van der Waals surface area contributed by atoms with E-state index >= 15 is 0 Å². The van der Waals surface area contributed by atoms with Gasteiger partial charge in [0.1, 0.15) is 17.7 Å². The van der Waals surface area contributed by atoms with Gasteiger partial charge in [0.2, 0.25) is 0 Å². The Labute approximate surface area is 301 Å². The molecule has 4 atom stereocenters. The van der Waals surface area contributed by atoms with E-state index in [9.17, 15) is 0 Å². The molecular formula is C48H42N2O. The number of rotatable bonds is 6. The summed E-state index contributed by atoms with van der Waals surface area (Å²) in [5, 5.41) is 3.87. The monoisotopic (exact) mass is 662 g/mol. The number of benzene rings is 4. The van der Waals surface area contributed by atoms with Gasteiger partial charge in [-0.05, 0) is 54.2 Å². The van der Waals surface area contributed by atoms with Crippen LogP contribution in [-0.2, 0) is 5.41 Å². The van der Waals surface area contributed by atoms with E-state index in [0.29, 0.717) is 0 Å². The van der Waals surface area contributed by atoms with Crippen LogP contribution < -0.4 is 10.1 Å². The molecule has 0 fully saturated rings. The average Bonchev–Trinajstić information content (AvgIpc) is 3.21. The maximum atomic E-state index is 6.66. The van der Waals surface area contributed by atoms with Gasteiger partial charge in [-0.25, -0.2) is 0 Å². The Hall–Kier alpha value is -5.67. The largest absolute Gasteiger partial charge is 0.457 e. The molecule has 4 aromatic carbocycles. The SMILES string of the molecule is C[C@@]1(C2=CC(c3ccccc3C3C=CC=CC3C3(c4ccccc4)c4ccccc4Oc4ccccc43)=NC(C3=CCCC=C3)N2)C=CC=CC1. The quantitative estimate of drug-likeness (QED) is 0.223. The van der Waals surface area contributed by atoms with Crippen molar-refractivity contribution in [2.75, 3.05) is 0 Å². The lowest BCUT2D eigenvalue weighted by Gasteiger charge is -2.48. The summed E-state index contributed by atoms with van der Waals surface area (Å²) >= 11 is 0. The molecular weight excluding hydrogens is 621 g/mol. The van der Waals surface area contributed by atoms with Crippen LogP contribution >= 0.6 is 0 Å². The first-order valence-corrected chi connectivity index (χ1v) is 18.3. The zero-order valence-corrected chi connectivity index (χ0v) is 29.0. The van der Waals surface area contributed by atoms with Crippen LogP contribution in [0.3, 0.4) is 0 Å². The number of nitrogens with zero attached hydrogens (tertiary/aromatic N) is 1. The number of hydrogen-bond donors (Lipinski definition) is 1. The van der Waals surface area contributed by atoms with Gasteiger partial charge in [0, 0.05) is 39.6 Å². The Morgan fingerprint density at radius 1 is 0.725 bits per heavy atom. The lowest BCUT2D eigenvalue weighted by molar-refractivity contribution is 0.349. The third-order valence-corrected chi connectivity index (χ3v) is 11.4. The normalized spacial score (nSPS) is 25.4. The highest BCUT2D eigenvalue weighted by Crippen LogP contribution is 2.59. The van der Waals surface area contributed by atoms with E-state index in [0.717, 1.165) is 36.5 Å². The van der Waals surface area contributed by atoms with Crippen molar-refractivity contribution >= 4 is 5.71 Å². The maximum absolute atomic E-state index is 6.66. The fourth-order valence-corrected chi connectivity index (χ4v) is 8.86. The van der Waals surface area contributed by atoms with Gasteiger partial charge in [-0.1, -0.05) is 165 Å². The maximum Gasteiger partial charge on any atom is 0.144 e. The van der Waals surface area contributed by atoms with E-state index in [-0.39, 0.29) is 23.4 Å². The number of aliphatic imine (C=N–C) groups is 1. The minimum atomic E-state index is -0.518. The smallest absolute Gasteiger partial charge is 0.144 e. The Bertz CT molecular complexity index is 2180. The fourth-order valence-electron chi connectivity index (χ4n) is 8.86. The van der Waals surface area contributed by atoms with E-state index in [4.69, 9.17) is 9.73 Å². The topological polar surface area (TPSA) is 33.6 Å². The molecule has 0 bridgehead atoms. The third kappa shape index (κ3) is 5.31. The number of nitrogens with one attached hydrogen (secondary N) is 1. The van der Waals surface area contributed by atoms with Crippen LogP contribution in [0, 0.1) is 11.3 Å². The standard InChI is InChI=1S/C48H42N2O/c1-47(31-17-4-18-32-47)45-33-42(49-46(50-45)34-19-5-2-6-20-34)38-25-10-9-23-36(38)37-24-11-12-26-39(37)48(35-21-7-3-8-22-35)40-27-13-15-29-43(40)51-44-30-16-14-28-41(44)48/h3-5,7-31,33,37,39,46,50H,2,6,32H2,1H3/t37?,39?,46?,47-/m1/s1. The first-order chi connectivity index (χ1) is 25.1. The molecule has 2 aliphatic heterocycles. The van der Waals surface area contributed by atoms with Crippen molar-refractivity contribution in [2.24, 2.45) is 16.3 Å². The molecule has 0 saturated carbocycles. The molecule has 0 amide bonds. The molecule has 0 radical (unpaired) electrons. The molecule has 51 heavy (non-hydrogen) atoms. The first-order valence-electron chi connectivity index (χ1n) is 18.3. The highest BCUT2D eigenvalue weighted by molar-refractivity contribution is 6.11. The predicted octanol–water partition coefficient (Wildman–Crippen LogP) is 11.1. The summed E-state index contributed by atoms with van der Waals surface area (Å²) in [6.07, 6.45) is 30.3. The van der Waals surface area contributed by atoms with Crippen molar-refractivity contribution in [3.8, 4) is 11.5 Å². The number of fused-ring (bicyclic) bond motifs is 2. The van der Waals surface area contributed by atoms with Crippen LogP contribution in [-0.4, -0.2) is 11.9 Å². The van der Waals surface area contributed by atoms with Crippen LogP contribution in [0.2, 0.25) is 0 Å². The van der Waals surface area contributed by atoms with Crippen LogP contribution in [0.15, 0.2) is 192 Å². The molecule has 250 valence electrons. The van der Waals surface area contributed by atoms with Gasteiger partial charge in [0.05, 0.1) is 11.1 Å². The highest BCUT2D eigenvalue weighted by atomic mass is 16.5. The number of para-hydroxylation sites is 2. The average molecular weight is 663 g/mol. The van der Waals surface area contributed by atoms with Crippen molar-refractivity contribution in [2.45, 2.75) is 43.7 Å². The molecule has 5 aliphatic rings. The van der Waals surface area contributed by atoms with Gasteiger partial charge >= 0.3 is 0 Å². The summed E-state index contributed by atoms with van der Waals surface area (Å²) in [5.74, 6) is 1.89. The Morgan fingerprint density at radius 3 is 2.20 bits per heavy atom. The number of allylic oxidation sites excluding steroid dienone is 11. The molecule has 3 unspecified atom stereocenters. The van der Waals surface area contributed by atoms with Crippen molar-refractivity contribution in [3.05, 3.63) is 215 Å². The van der Waals surface area contributed by atoms with E-state index < -0.39 is 5.41 Å². The Morgan fingerprint density at radius 2 is 1.45 bits per heavy atom. The van der Waals surface area contributed by atoms with Gasteiger partial charge in [0.25, 0.3) is 0 Å². The summed E-state index contributed by atoms with van der Waals surface area (Å²) in [5.41, 5.74) is 8.86. The van der Waals surface area contributed by atoms with Gasteiger partial charge < -0.3 is 10.1 Å². The Kier molecular flexibility index (Phi) is 7.92. The summed E-state index contributed by atoms with van der Waals surface area (Å²) in [7, 11) is 0. The molecule has 3 heteroatoms. The van der Waals surface area contributed by atoms with E-state index in [1.165, 1.54) is 39.1 Å². The van der Waals surface area contributed by atoms with Gasteiger partial charge in [-0.15, -0.1) is 0 Å². The summed E-state index contributed by atoms with van der Waals surface area (Å²) in [4.78, 5) is 5.50. The predicted molar refractivity (Wildman–Crippen MR) is 209 cm³/mol. The van der Waals surface area contributed by atoms with Gasteiger partial charge in [-0.3, -0.25) is 4.99 Å². The van der Waals surface area contributed by atoms with E-state index in [1.807, 2.05) is 0 Å². The first kappa shape index (κ1) is 31.3. The second kappa shape index (κ2) is 12.9. The van der Waals surface area contributed by atoms with Crippen molar-refractivity contribution in [1.82, 2.24) is 5.32 Å².